The van der Waals surface area contributed by atoms with Gasteiger partial charge in [-0.1, -0.05) is 18.2 Å². The highest BCUT2D eigenvalue weighted by molar-refractivity contribution is 5.96. The van der Waals surface area contributed by atoms with Gasteiger partial charge in [0.25, 0.3) is 0 Å². The molecule has 1 unspecified atom stereocenters. The van der Waals surface area contributed by atoms with E-state index in [-0.39, 0.29) is 18.1 Å². The lowest BCUT2D eigenvalue weighted by Crippen LogP contribution is -2.42. The average molecular weight is 288 g/mol. The van der Waals surface area contributed by atoms with Crippen LogP contribution in [-0.4, -0.2) is 29.7 Å². The van der Waals surface area contributed by atoms with Crippen LogP contribution < -0.4 is 10.6 Å². The fourth-order valence-electron chi connectivity index (χ4n) is 3.36. The first-order valence-corrected chi connectivity index (χ1v) is 8.02. The Morgan fingerprint density at radius 2 is 1.90 bits per heavy atom. The number of hydrogen-bond donors (Lipinski definition) is 3. The van der Waals surface area contributed by atoms with Crippen molar-refractivity contribution in [3.8, 4) is 0 Å². The zero-order valence-corrected chi connectivity index (χ0v) is 12.3. The maximum atomic E-state index is 12.3. The molecular weight excluding hydrogens is 264 g/mol. The lowest BCUT2D eigenvalue weighted by atomic mass is 9.87. The summed E-state index contributed by atoms with van der Waals surface area (Å²) < 4.78 is 0. The van der Waals surface area contributed by atoms with E-state index < -0.39 is 0 Å². The zero-order chi connectivity index (χ0) is 14.7. The second-order valence-corrected chi connectivity index (χ2v) is 6.32. The number of aliphatic hydroxyl groups excluding tert-OH is 1. The number of benzene rings is 1. The number of rotatable bonds is 3. The molecule has 1 saturated carbocycles. The second kappa shape index (κ2) is 6.58. The predicted octanol–water partition coefficient (Wildman–Crippen LogP) is 2.08. The van der Waals surface area contributed by atoms with Crippen molar-refractivity contribution in [1.82, 2.24) is 5.32 Å². The van der Waals surface area contributed by atoms with Gasteiger partial charge in [-0.3, -0.25) is 4.79 Å². The smallest absolute Gasteiger partial charge is 0.241 e. The van der Waals surface area contributed by atoms with Gasteiger partial charge in [-0.05, 0) is 62.6 Å². The molecule has 3 N–H and O–H groups in total. The highest BCUT2D eigenvalue weighted by atomic mass is 16.3. The molecule has 1 aliphatic heterocycles. The van der Waals surface area contributed by atoms with Crippen LogP contribution >= 0.6 is 0 Å². The summed E-state index contributed by atoms with van der Waals surface area (Å²) >= 11 is 0. The van der Waals surface area contributed by atoms with Gasteiger partial charge in [0.2, 0.25) is 5.91 Å². The van der Waals surface area contributed by atoms with Crippen LogP contribution in [0, 0.1) is 5.92 Å². The Kier molecular flexibility index (Phi) is 4.56. The van der Waals surface area contributed by atoms with Crippen molar-refractivity contribution < 1.29 is 9.90 Å². The van der Waals surface area contributed by atoms with E-state index in [2.05, 4.69) is 16.7 Å². The summed E-state index contributed by atoms with van der Waals surface area (Å²) in [5, 5.41) is 16.0. The Labute approximate surface area is 125 Å². The SMILES string of the molecule is O=C1Nc2ccccc2CCC1NCC1CCC(O)CC1. The molecule has 2 aliphatic rings. The predicted molar refractivity (Wildman–Crippen MR) is 83.1 cm³/mol. The van der Waals surface area contributed by atoms with E-state index >= 15 is 0 Å². The Bertz CT molecular complexity index is 495. The fraction of sp³-hybridized carbons (Fsp3) is 0.588. The second-order valence-electron chi connectivity index (χ2n) is 6.32. The van der Waals surface area contributed by atoms with Crippen LogP contribution in [0.25, 0.3) is 0 Å². The van der Waals surface area contributed by atoms with Gasteiger partial charge in [-0.2, -0.15) is 0 Å². The van der Waals surface area contributed by atoms with E-state index in [1.165, 1.54) is 5.56 Å². The number of hydrogen-bond acceptors (Lipinski definition) is 3. The Morgan fingerprint density at radius 1 is 1.14 bits per heavy atom. The third kappa shape index (κ3) is 3.63. The molecule has 4 nitrogen and oxygen atoms in total. The molecule has 0 spiro atoms. The molecule has 3 rings (SSSR count). The highest BCUT2D eigenvalue weighted by Gasteiger charge is 2.25. The summed E-state index contributed by atoms with van der Waals surface area (Å²) in [5.41, 5.74) is 2.17. The first kappa shape index (κ1) is 14.5. The maximum absolute atomic E-state index is 12.3. The molecule has 1 atom stereocenters. The Balaban J connectivity index is 1.54. The summed E-state index contributed by atoms with van der Waals surface area (Å²) in [4.78, 5) is 12.3. The normalized spacial score (nSPS) is 29.4. The molecule has 1 aromatic carbocycles. The van der Waals surface area contributed by atoms with E-state index in [1.807, 2.05) is 18.2 Å². The number of aryl methyl sites for hydroxylation is 1. The summed E-state index contributed by atoms with van der Waals surface area (Å²) in [6.07, 6.45) is 5.57. The standard InChI is InChI=1S/C17H24N2O2/c20-14-8-5-12(6-9-14)11-18-16-10-7-13-3-1-2-4-15(13)19-17(16)21/h1-4,12,14,16,18,20H,5-11H2,(H,19,21). The molecule has 1 amide bonds. The van der Waals surface area contributed by atoms with Crippen molar-refractivity contribution in [3.63, 3.8) is 0 Å². The van der Waals surface area contributed by atoms with Crippen LogP contribution in [0.2, 0.25) is 0 Å². The van der Waals surface area contributed by atoms with E-state index in [0.29, 0.717) is 5.92 Å². The summed E-state index contributed by atoms with van der Waals surface area (Å²) in [6.45, 7) is 0.876. The molecule has 1 fully saturated rings. The molecule has 1 heterocycles. The van der Waals surface area contributed by atoms with Gasteiger partial charge in [0.05, 0.1) is 12.1 Å². The minimum Gasteiger partial charge on any atom is -0.393 e. The summed E-state index contributed by atoms with van der Waals surface area (Å²) in [7, 11) is 0. The molecular formula is C17H24N2O2. The van der Waals surface area contributed by atoms with Crippen molar-refractivity contribution >= 4 is 11.6 Å². The quantitative estimate of drug-likeness (QED) is 0.798. The first-order valence-electron chi connectivity index (χ1n) is 8.02. The van der Waals surface area contributed by atoms with Gasteiger partial charge in [-0.25, -0.2) is 0 Å². The molecule has 4 heteroatoms. The average Bonchev–Trinajstić information content (AvgIpc) is 2.65. The van der Waals surface area contributed by atoms with E-state index in [1.54, 1.807) is 0 Å². The molecule has 1 aliphatic carbocycles. The van der Waals surface area contributed by atoms with Crippen LogP contribution in [0.3, 0.4) is 0 Å². The van der Waals surface area contributed by atoms with Crippen LogP contribution in [0.1, 0.15) is 37.7 Å². The highest BCUT2D eigenvalue weighted by Crippen LogP contribution is 2.25. The number of para-hydroxylation sites is 1. The Morgan fingerprint density at radius 3 is 2.71 bits per heavy atom. The fourth-order valence-corrected chi connectivity index (χ4v) is 3.36. The number of carbonyl (C=O) groups is 1. The van der Waals surface area contributed by atoms with Gasteiger partial charge < -0.3 is 15.7 Å². The largest absolute Gasteiger partial charge is 0.393 e. The van der Waals surface area contributed by atoms with Gasteiger partial charge in [0, 0.05) is 5.69 Å². The van der Waals surface area contributed by atoms with Gasteiger partial charge >= 0.3 is 0 Å². The van der Waals surface area contributed by atoms with Crippen LogP contribution in [0.15, 0.2) is 24.3 Å². The van der Waals surface area contributed by atoms with Crippen molar-refractivity contribution in [2.75, 3.05) is 11.9 Å². The lowest BCUT2D eigenvalue weighted by molar-refractivity contribution is -0.118. The van der Waals surface area contributed by atoms with Crippen LogP contribution in [0.5, 0.6) is 0 Å². The summed E-state index contributed by atoms with van der Waals surface area (Å²) in [5.74, 6) is 0.669. The Hall–Kier alpha value is -1.39. The van der Waals surface area contributed by atoms with Crippen molar-refractivity contribution in [2.24, 2.45) is 5.92 Å². The molecule has 0 bridgehead atoms. The molecule has 0 aromatic heterocycles. The molecule has 0 radical (unpaired) electrons. The molecule has 0 saturated heterocycles. The van der Waals surface area contributed by atoms with Gasteiger partial charge in [0.1, 0.15) is 0 Å². The van der Waals surface area contributed by atoms with Crippen molar-refractivity contribution in [2.45, 2.75) is 50.7 Å². The third-order valence-electron chi connectivity index (χ3n) is 4.76. The maximum Gasteiger partial charge on any atom is 0.241 e. The number of carbonyl (C=O) groups excluding carboxylic acids is 1. The van der Waals surface area contributed by atoms with E-state index in [0.717, 1.165) is 50.8 Å². The minimum absolute atomic E-state index is 0.0794. The van der Waals surface area contributed by atoms with Crippen molar-refractivity contribution in [3.05, 3.63) is 29.8 Å². The zero-order valence-electron chi connectivity index (χ0n) is 12.3. The van der Waals surface area contributed by atoms with E-state index in [4.69, 9.17) is 0 Å². The minimum atomic E-state index is -0.114. The van der Waals surface area contributed by atoms with Gasteiger partial charge in [0.15, 0.2) is 0 Å². The number of anilines is 1. The monoisotopic (exact) mass is 288 g/mol. The topological polar surface area (TPSA) is 61.4 Å². The van der Waals surface area contributed by atoms with Crippen molar-refractivity contribution in [1.29, 1.82) is 0 Å². The number of aliphatic hydroxyl groups is 1. The number of nitrogens with one attached hydrogen (secondary N) is 2. The third-order valence-corrected chi connectivity index (χ3v) is 4.76. The first-order chi connectivity index (χ1) is 10.2. The summed E-state index contributed by atoms with van der Waals surface area (Å²) in [6, 6.07) is 7.93. The lowest BCUT2D eigenvalue weighted by Gasteiger charge is -2.27. The van der Waals surface area contributed by atoms with Crippen LogP contribution in [-0.2, 0) is 11.2 Å². The molecule has 21 heavy (non-hydrogen) atoms. The van der Waals surface area contributed by atoms with Crippen LogP contribution in [0.4, 0.5) is 5.69 Å². The van der Waals surface area contributed by atoms with Gasteiger partial charge in [-0.15, -0.1) is 0 Å². The molecule has 1 aromatic rings. The number of amides is 1. The molecule has 114 valence electrons. The van der Waals surface area contributed by atoms with E-state index in [9.17, 15) is 9.90 Å². The number of fused-ring (bicyclic) bond motifs is 1.